The van der Waals surface area contributed by atoms with E-state index in [0.717, 1.165) is 11.5 Å². The third-order valence-electron chi connectivity index (χ3n) is 2.47. The van der Waals surface area contributed by atoms with Crippen molar-refractivity contribution in [2.75, 3.05) is 11.5 Å². The van der Waals surface area contributed by atoms with E-state index in [2.05, 4.69) is 0 Å². The molecule has 0 aromatic rings. The van der Waals surface area contributed by atoms with Gasteiger partial charge in [0.25, 0.3) is 0 Å². The fourth-order valence-corrected chi connectivity index (χ4v) is 4.66. The average molecular weight is 292 g/mol. The van der Waals surface area contributed by atoms with Crippen LogP contribution in [0.3, 0.4) is 0 Å². The van der Waals surface area contributed by atoms with Gasteiger partial charge < -0.3 is 9.84 Å². The summed E-state index contributed by atoms with van der Waals surface area (Å²) in [6, 6.07) is 0. The highest BCUT2D eigenvalue weighted by Gasteiger charge is 2.23. The first-order valence-electron chi connectivity index (χ1n) is 6.51. The van der Waals surface area contributed by atoms with Crippen LogP contribution >= 0.6 is 23.5 Å². The van der Waals surface area contributed by atoms with Crippen molar-refractivity contribution in [2.45, 2.75) is 62.7 Å². The third-order valence-corrected chi connectivity index (χ3v) is 5.62. The van der Waals surface area contributed by atoms with E-state index in [1.165, 1.54) is 6.42 Å². The van der Waals surface area contributed by atoms with E-state index >= 15 is 0 Å². The van der Waals surface area contributed by atoms with Gasteiger partial charge in [-0.1, -0.05) is 0 Å². The molecule has 1 aliphatic heterocycles. The van der Waals surface area contributed by atoms with Crippen molar-refractivity contribution in [3.05, 3.63) is 0 Å². The van der Waals surface area contributed by atoms with Crippen molar-refractivity contribution in [1.82, 2.24) is 0 Å². The highest BCUT2D eigenvalue weighted by atomic mass is 32.2. The Labute approximate surface area is 118 Å². The second-order valence-electron chi connectivity index (χ2n) is 5.51. The number of thioether (sulfide) groups is 2. The molecule has 1 N–H and O–H groups in total. The van der Waals surface area contributed by atoms with Crippen molar-refractivity contribution >= 4 is 29.5 Å². The van der Waals surface area contributed by atoms with Gasteiger partial charge in [-0.15, -0.1) is 23.5 Å². The molecule has 0 amide bonds. The molecular formula is C13H24O3S2. The topological polar surface area (TPSA) is 46.5 Å². The van der Waals surface area contributed by atoms with Gasteiger partial charge in [-0.25, -0.2) is 0 Å². The molecule has 0 spiro atoms. The first-order valence-corrected chi connectivity index (χ1v) is 8.61. The molecule has 0 unspecified atom stereocenters. The minimum Gasteiger partial charge on any atom is -0.460 e. The number of esters is 1. The molecule has 0 aliphatic carbocycles. The predicted molar refractivity (Wildman–Crippen MR) is 79.0 cm³/mol. The smallest absolute Gasteiger partial charge is 0.306 e. The van der Waals surface area contributed by atoms with Crippen LogP contribution in [-0.4, -0.2) is 38.9 Å². The number of carbonyl (C=O) groups is 1. The molecule has 0 bridgehead atoms. The van der Waals surface area contributed by atoms with Gasteiger partial charge in [0.1, 0.15) is 5.60 Å². The summed E-state index contributed by atoms with van der Waals surface area (Å²) in [5.74, 6) is 2.11. The van der Waals surface area contributed by atoms with Crippen LogP contribution in [0.4, 0.5) is 0 Å². The Hall–Kier alpha value is 0.130. The van der Waals surface area contributed by atoms with E-state index in [-0.39, 0.29) is 16.7 Å². The normalized spacial score (nSPS) is 19.6. The summed E-state index contributed by atoms with van der Waals surface area (Å²) in [5, 5.41) is 10.0. The first-order chi connectivity index (χ1) is 8.38. The van der Waals surface area contributed by atoms with Crippen molar-refractivity contribution in [3.63, 3.8) is 0 Å². The van der Waals surface area contributed by atoms with Gasteiger partial charge in [-0.05, 0) is 51.5 Å². The van der Waals surface area contributed by atoms with Crippen molar-refractivity contribution in [3.8, 4) is 0 Å². The van der Waals surface area contributed by atoms with Crippen molar-refractivity contribution < 1.29 is 14.6 Å². The minimum absolute atomic E-state index is 0.168. The van der Waals surface area contributed by atoms with Crippen LogP contribution < -0.4 is 0 Å². The molecule has 1 aliphatic rings. The lowest BCUT2D eigenvalue weighted by molar-refractivity contribution is -0.155. The Kier molecular flexibility index (Phi) is 6.88. The Morgan fingerprint density at radius 2 is 2.00 bits per heavy atom. The molecule has 0 aromatic carbocycles. The van der Waals surface area contributed by atoms with E-state index in [1.807, 2.05) is 44.3 Å². The Morgan fingerprint density at radius 1 is 1.39 bits per heavy atom. The fourth-order valence-electron chi connectivity index (χ4n) is 1.71. The van der Waals surface area contributed by atoms with Gasteiger partial charge in [0, 0.05) is 6.42 Å². The van der Waals surface area contributed by atoms with Crippen molar-refractivity contribution in [1.29, 1.82) is 0 Å². The monoisotopic (exact) mass is 292 g/mol. The second kappa shape index (κ2) is 7.65. The fraction of sp³-hybridized carbons (Fsp3) is 0.923. The third kappa shape index (κ3) is 6.90. The number of carbonyl (C=O) groups excluding carboxylic acids is 1. The summed E-state index contributed by atoms with van der Waals surface area (Å²) in [7, 11) is 0. The summed E-state index contributed by atoms with van der Waals surface area (Å²) < 4.78 is 5.52. The lowest BCUT2D eigenvalue weighted by Crippen LogP contribution is -2.25. The maximum atomic E-state index is 11.5. The summed E-state index contributed by atoms with van der Waals surface area (Å²) in [5.41, 5.74) is -0.412. The Bertz CT molecular complexity index is 257. The largest absolute Gasteiger partial charge is 0.460 e. The van der Waals surface area contributed by atoms with Gasteiger partial charge in [0.15, 0.2) is 0 Å². The van der Waals surface area contributed by atoms with Gasteiger partial charge in [-0.3, -0.25) is 4.79 Å². The number of rotatable bonds is 5. The lowest BCUT2D eigenvalue weighted by Gasteiger charge is -2.25. The minimum atomic E-state index is -0.412. The highest BCUT2D eigenvalue weighted by Crippen LogP contribution is 2.34. The summed E-state index contributed by atoms with van der Waals surface area (Å²) in [6.07, 6.45) is 2.72. The second-order valence-corrected chi connectivity index (χ2v) is 8.31. The van der Waals surface area contributed by atoms with Crippen LogP contribution in [0.25, 0.3) is 0 Å². The summed E-state index contributed by atoms with van der Waals surface area (Å²) in [6.45, 7) is 5.61. The number of aliphatic hydroxyl groups excluding tert-OH is 1. The van der Waals surface area contributed by atoms with Crippen LogP contribution in [0.5, 0.6) is 0 Å². The maximum absolute atomic E-state index is 11.5. The molecule has 1 saturated heterocycles. The molecule has 1 fully saturated rings. The number of hydrogen-bond acceptors (Lipinski definition) is 5. The standard InChI is InChI=1S/C13H24O3S2/c1-13(2,3)16-11(15)7-4-6-10(14)12-17-8-5-9-18-12/h10,12,14H,4-9H2,1-3H3/t10-/m1/s1. The van der Waals surface area contributed by atoms with Gasteiger partial charge >= 0.3 is 5.97 Å². The molecule has 18 heavy (non-hydrogen) atoms. The highest BCUT2D eigenvalue weighted by molar-refractivity contribution is 8.17. The number of aliphatic hydroxyl groups is 1. The molecule has 3 nitrogen and oxygen atoms in total. The SMILES string of the molecule is CC(C)(C)OC(=O)CCC[C@@H](O)C1SCCCS1. The van der Waals surface area contributed by atoms with Crippen LogP contribution in [0.2, 0.25) is 0 Å². The van der Waals surface area contributed by atoms with E-state index in [0.29, 0.717) is 19.3 Å². The van der Waals surface area contributed by atoms with E-state index < -0.39 is 5.60 Å². The summed E-state index contributed by atoms with van der Waals surface area (Å²) >= 11 is 3.67. The molecule has 106 valence electrons. The molecular weight excluding hydrogens is 268 g/mol. The zero-order chi connectivity index (χ0) is 13.6. The molecule has 0 aromatic heterocycles. The molecule has 1 rings (SSSR count). The van der Waals surface area contributed by atoms with E-state index in [1.54, 1.807) is 0 Å². The maximum Gasteiger partial charge on any atom is 0.306 e. The molecule has 1 heterocycles. The Morgan fingerprint density at radius 3 is 2.56 bits per heavy atom. The number of hydrogen-bond donors (Lipinski definition) is 1. The molecule has 1 atom stereocenters. The Balaban J connectivity index is 2.14. The average Bonchev–Trinajstić information content (AvgIpc) is 2.27. The van der Waals surface area contributed by atoms with Crippen molar-refractivity contribution in [2.24, 2.45) is 0 Å². The zero-order valence-electron chi connectivity index (χ0n) is 11.5. The van der Waals surface area contributed by atoms with Crippen LogP contribution in [0.15, 0.2) is 0 Å². The number of ether oxygens (including phenoxy) is 1. The molecule has 0 radical (unpaired) electrons. The van der Waals surface area contributed by atoms with Gasteiger partial charge in [-0.2, -0.15) is 0 Å². The first kappa shape index (κ1) is 16.2. The molecule has 0 saturated carbocycles. The van der Waals surface area contributed by atoms with E-state index in [4.69, 9.17) is 4.74 Å². The lowest BCUT2D eigenvalue weighted by atomic mass is 10.1. The van der Waals surface area contributed by atoms with E-state index in [9.17, 15) is 9.90 Å². The van der Waals surface area contributed by atoms with Crippen LogP contribution in [0.1, 0.15) is 46.5 Å². The van der Waals surface area contributed by atoms with Gasteiger partial charge in [0.05, 0.1) is 10.7 Å². The van der Waals surface area contributed by atoms with Gasteiger partial charge in [0.2, 0.25) is 0 Å². The van der Waals surface area contributed by atoms with Crippen LogP contribution in [0, 0.1) is 0 Å². The molecule has 5 heteroatoms. The zero-order valence-corrected chi connectivity index (χ0v) is 13.1. The van der Waals surface area contributed by atoms with Crippen LogP contribution in [-0.2, 0) is 9.53 Å². The predicted octanol–water partition coefficient (Wildman–Crippen LogP) is 3.06. The summed E-state index contributed by atoms with van der Waals surface area (Å²) in [4.78, 5) is 11.5. The quantitative estimate of drug-likeness (QED) is 0.789.